The van der Waals surface area contributed by atoms with Crippen LogP contribution in [0.2, 0.25) is 0 Å². The minimum absolute atomic E-state index is 0.119. The van der Waals surface area contributed by atoms with Crippen LogP contribution in [0.1, 0.15) is 28.8 Å². The third kappa shape index (κ3) is 3.11. The average Bonchev–Trinajstić information content (AvgIpc) is 2.71. The molecule has 1 heterocycles. The molecule has 2 amide bonds. The highest BCUT2D eigenvalue weighted by molar-refractivity contribution is 9.10. The van der Waals surface area contributed by atoms with E-state index in [1.54, 1.807) is 0 Å². The molecule has 0 atom stereocenters. The van der Waals surface area contributed by atoms with Crippen molar-refractivity contribution in [2.75, 3.05) is 0 Å². The number of nitrogens with zero attached hydrogens (tertiary/aromatic N) is 1. The fourth-order valence-corrected chi connectivity index (χ4v) is 2.28. The first-order valence-corrected chi connectivity index (χ1v) is 6.55. The number of rotatable bonds is 2. The second-order valence-corrected chi connectivity index (χ2v) is 5.12. The van der Waals surface area contributed by atoms with Gasteiger partial charge in [-0.1, -0.05) is 15.9 Å². The molecule has 1 aliphatic heterocycles. The minimum Gasteiger partial charge on any atom is -0.325 e. The normalized spacial score (nSPS) is 15.4. The molecule has 0 unspecified atom stereocenters. The Labute approximate surface area is 128 Å². The summed E-state index contributed by atoms with van der Waals surface area (Å²) in [7, 11) is 0. The van der Waals surface area contributed by atoms with Crippen molar-refractivity contribution in [2.24, 2.45) is 0 Å². The number of alkyl halides is 3. The van der Waals surface area contributed by atoms with Gasteiger partial charge in [0.2, 0.25) is 0 Å². The molecule has 2 rings (SSSR count). The van der Waals surface area contributed by atoms with E-state index in [1.807, 2.05) is 0 Å². The molecule has 1 aromatic rings. The van der Waals surface area contributed by atoms with E-state index in [0.29, 0.717) is 6.07 Å². The molecule has 0 saturated carbocycles. The zero-order valence-electron chi connectivity index (χ0n) is 10.5. The summed E-state index contributed by atoms with van der Waals surface area (Å²) in [6.07, 6.45) is -5.14. The lowest BCUT2D eigenvalue weighted by molar-refractivity contribution is -0.172. The van der Waals surface area contributed by atoms with Crippen molar-refractivity contribution < 1.29 is 36.8 Å². The van der Waals surface area contributed by atoms with E-state index < -0.39 is 45.4 Å². The van der Waals surface area contributed by atoms with Crippen LogP contribution in [0.15, 0.2) is 16.6 Å². The highest BCUT2D eigenvalue weighted by atomic mass is 79.9. The number of imide groups is 1. The number of hydrogen-bond acceptors (Lipinski definition) is 4. The van der Waals surface area contributed by atoms with E-state index in [4.69, 9.17) is 0 Å². The van der Waals surface area contributed by atoms with E-state index >= 15 is 0 Å². The van der Waals surface area contributed by atoms with Crippen molar-refractivity contribution in [3.05, 3.63) is 33.5 Å². The van der Waals surface area contributed by atoms with E-state index in [1.165, 1.54) is 0 Å². The molecule has 10 heteroatoms. The van der Waals surface area contributed by atoms with Crippen LogP contribution in [-0.4, -0.2) is 22.8 Å². The van der Waals surface area contributed by atoms with Crippen LogP contribution >= 0.6 is 15.9 Å². The van der Waals surface area contributed by atoms with Gasteiger partial charge < -0.3 is 4.84 Å². The largest absolute Gasteiger partial charge is 0.417 e. The molecular formula is C12H6BrF4NO4. The molecule has 0 N–H and O–H groups in total. The first-order chi connectivity index (χ1) is 10.1. The number of halogens is 5. The quantitative estimate of drug-likeness (QED) is 0.581. The van der Waals surface area contributed by atoms with Gasteiger partial charge in [0.25, 0.3) is 11.8 Å². The van der Waals surface area contributed by atoms with Crippen LogP contribution in [-0.2, 0) is 20.6 Å². The van der Waals surface area contributed by atoms with Gasteiger partial charge in [-0.3, -0.25) is 9.59 Å². The van der Waals surface area contributed by atoms with Crippen LogP contribution in [0.3, 0.4) is 0 Å². The molecule has 1 aromatic carbocycles. The lowest BCUT2D eigenvalue weighted by Gasteiger charge is -2.14. The number of amides is 2. The van der Waals surface area contributed by atoms with E-state index in [-0.39, 0.29) is 24.0 Å². The van der Waals surface area contributed by atoms with Crippen LogP contribution in [0.4, 0.5) is 17.6 Å². The number of benzene rings is 1. The Hall–Kier alpha value is -1.97. The Balaban J connectivity index is 2.29. The molecule has 0 aromatic heterocycles. The van der Waals surface area contributed by atoms with Gasteiger partial charge >= 0.3 is 12.1 Å². The molecule has 0 aliphatic carbocycles. The first-order valence-electron chi connectivity index (χ1n) is 5.75. The second-order valence-electron chi connectivity index (χ2n) is 4.27. The van der Waals surface area contributed by atoms with Gasteiger partial charge in [-0.15, -0.1) is 5.06 Å². The monoisotopic (exact) mass is 383 g/mol. The maximum atomic E-state index is 13.7. The number of carbonyl (C=O) groups is 3. The van der Waals surface area contributed by atoms with E-state index in [2.05, 4.69) is 20.8 Å². The molecule has 1 aliphatic rings. The second kappa shape index (κ2) is 5.67. The Morgan fingerprint density at radius 1 is 1.18 bits per heavy atom. The fraction of sp³-hybridized carbons (Fsp3) is 0.250. The van der Waals surface area contributed by atoms with Crippen LogP contribution in [0.5, 0.6) is 0 Å². The van der Waals surface area contributed by atoms with Gasteiger partial charge in [0, 0.05) is 17.3 Å². The Morgan fingerprint density at radius 3 is 2.23 bits per heavy atom. The molecule has 0 bridgehead atoms. The van der Waals surface area contributed by atoms with Gasteiger partial charge in [0.05, 0.1) is 11.1 Å². The maximum absolute atomic E-state index is 13.7. The van der Waals surface area contributed by atoms with Crippen LogP contribution < -0.4 is 0 Å². The number of carbonyl (C=O) groups excluding carboxylic acids is 3. The summed E-state index contributed by atoms with van der Waals surface area (Å²) in [5, 5.41) is 0.174. The number of hydroxylamine groups is 2. The van der Waals surface area contributed by atoms with Crippen molar-refractivity contribution in [1.82, 2.24) is 5.06 Å². The smallest absolute Gasteiger partial charge is 0.325 e. The summed E-state index contributed by atoms with van der Waals surface area (Å²) in [5.41, 5.74) is -2.15. The highest BCUT2D eigenvalue weighted by Gasteiger charge is 2.36. The third-order valence-electron chi connectivity index (χ3n) is 2.76. The van der Waals surface area contributed by atoms with Crippen LogP contribution in [0, 0.1) is 5.82 Å². The highest BCUT2D eigenvalue weighted by Crippen LogP contribution is 2.36. The van der Waals surface area contributed by atoms with E-state index in [0.717, 1.165) is 0 Å². The van der Waals surface area contributed by atoms with E-state index in [9.17, 15) is 31.9 Å². The van der Waals surface area contributed by atoms with Gasteiger partial charge in [0.15, 0.2) is 0 Å². The Kier molecular flexibility index (Phi) is 4.23. The fourth-order valence-electron chi connectivity index (χ4n) is 1.71. The lowest BCUT2D eigenvalue weighted by Crippen LogP contribution is -2.32. The molecule has 1 saturated heterocycles. The van der Waals surface area contributed by atoms with Gasteiger partial charge in [-0.2, -0.15) is 13.2 Å². The maximum Gasteiger partial charge on any atom is 0.417 e. The van der Waals surface area contributed by atoms with Crippen LogP contribution in [0.25, 0.3) is 0 Å². The summed E-state index contributed by atoms with van der Waals surface area (Å²) < 4.78 is 50.8. The van der Waals surface area contributed by atoms with Gasteiger partial charge in [-0.25, -0.2) is 9.18 Å². The van der Waals surface area contributed by atoms with Crippen molar-refractivity contribution in [2.45, 2.75) is 19.0 Å². The summed E-state index contributed by atoms with van der Waals surface area (Å²) in [5.74, 6) is -4.51. The Bertz CT molecular complexity index is 658. The van der Waals surface area contributed by atoms with Gasteiger partial charge in [-0.05, 0) is 12.1 Å². The zero-order valence-corrected chi connectivity index (χ0v) is 12.1. The summed E-state index contributed by atoms with van der Waals surface area (Å²) in [4.78, 5) is 38.7. The molecule has 118 valence electrons. The summed E-state index contributed by atoms with van der Waals surface area (Å²) in [6, 6.07) is 0.694. The summed E-state index contributed by atoms with van der Waals surface area (Å²) in [6.45, 7) is 0. The topological polar surface area (TPSA) is 63.7 Å². The minimum atomic E-state index is -4.82. The van der Waals surface area contributed by atoms with Crippen molar-refractivity contribution >= 4 is 33.7 Å². The first kappa shape index (κ1) is 16.4. The predicted octanol–water partition coefficient (Wildman–Crippen LogP) is 2.83. The molecule has 5 nitrogen and oxygen atoms in total. The third-order valence-corrected chi connectivity index (χ3v) is 3.42. The number of hydrogen-bond donors (Lipinski definition) is 0. The van der Waals surface area contributed by atoms with Crippen molar-refractivity contribution in [1.29, 1.82) is 0 Å². The zero-order chi connectivity index (χ0) is 16.7. The molecule has 0 radical (unpaired) electrons. The summed E-state index contributed by atoms with van der Waals surface area (Å²) >= 11 is 2.58. The van der Waals surface area contributed by atoms with Gasteiger partial charge in [0.1, 0.15) is 5.82 Å². The molecule has 1 fully saturated rings. The van der Waals surface area contributed by atoms with Crippen molar-refractivity contribution in [3.63, 3.8) is 0 Å². The molecule has 22 heavy (non-hydrogen) atoms. The molecule has 0 spiro atoms. The SMILES string of the molecule is O=C(ON1C(=O)CCC1=O)c1cc(Br)c(C(F)(F)F)cc1F. The average molecular weight is 384 g/mol. The standard InChI is InChI=1S/C12H6BrF4NO4/c13-7-3-5(8(14)4-6(7)12(15,16)17)11(21)22-18-9(19)1-2-10(18)20/h3-4H,1-2H2. The lowest BCUT2D eigenvalue weighted by atomic mass is 10.1. The Morgan fingerprint density at radius 2 is 1.73 bits per heavy atom. The predicted molar refractivity (Wildman–Crippen MR) is 65.6 cm³/mol. The molecular weight excluding hydrogens is 378 g/mol. The van der Waals surface area contributed by atoms with Crippen molar-refractivity contribution in [3.8, 4) is 0 Å².